The smallest absolute Gasteiger partial charge is 0.133 e. The van der Waals surface area contributed by atoms with Crippen LogP contribution in [0.1, 0.15) is 11.1 Å². The normalized spacial score (nSPS) is 15.7. The lowest BCUT2D eigenvalue weighted by atomic mass is 10.1. The number of nitrogens with zero attached hydrogens (tertiary/aromatic N) is 4. The molecule has 0 N–H and O–H groups in total. The maximum Gasteiger partial charge on any atom is 0.133 e. The van der Waals surface area contributed by atoms with Crippen LogP contribution in [0.3, 0.4) is 0 Å². The number of halogens is 1. The maximum absolute atomic E-state index is 6.38. The van der Waals surface area contributed by atoms with E-state index in [1.165, 1.54) is 11.1 Å². The monoisotopic (exact) mass is 378 g/mol. The van der Waals surface area contributed by atoms with Crippen LogP contribution in [0.4, 0.5) is 0 Å². The fraction of sp³-hybridized carbons (Fsp3) is 0.273. The molecule has 0 spiro atoms. The van der Waals surface area contributed by atoms with Crippen molar-refractivity contribution in [2.45, 2.75) is 13.1 Å². The number of pyridine rings is 2. The molecule has 1 aliphatic rings. The van der Waals surface area contributed by atoms with Gasteiger partial charge in [-0.3, -0.25) is 14.8 Å². The standard InChI is InChI=1S/C22H23ClN4/c23-22-21(14-20(15-25-22)19-4-2-1-3-5-19)17-27-12-10-26(11-13-27)16-18-6-8-24-9-7-18/h1-9,14-15H,10-13,16-17H2. The van der Waals surface area contributed by atoms with Gasteiger partial charge in [0.2, 0.25) is 0 Å². The lowest BCUT2D eigenvalue weighted by molar-refractivity contribution is 0.122. The average molecular weight is 379 g/mol. The van der Waals surface area contributed by atoms with Crippen molar-refractivity contribution in [1.29, 1.82) is 0 Å². The first-order valence-corrected chi connectivity index (χ1v) is 9.69. The zero-order valence-corrected chi connectivity index (χ0v) is 16.0. The molecule has 1 aliphatic heterocycles. The zero-order chi connectivity index (χ0) is 18.5. The number of benzene rings is 1. The fourth-order valence-electron chi connectivity index (χ4n) is 3.49. The molecule has 0 atom stereocenters. The number of rotatable bonds is 5. The molecule has 0 saturated carbocycles. The van der Waals surface area contributed by atoms with Crippen LogP contribution in [-0.4, -0.2) is 45.9 Å². The Balaban J connectivity index is 1.37. The van der Waals surface area contributed by atoms with Crippen LogP contribution in [0.2, 0.25) is 5.15 Å². The summed E-state index contributed by atoms with van der Waals surface area (Å²) in [4.78, 5) is 13.5. The van der Waals surface area contributed by atoms with Crippen LogP contribution in [0.5, 0.6) is 0 Å². The summed E-state index contributed by atoms with van der Waals surface area (Å²) >= 11 is 6.38. The zero-order valence-electron chi connectivity index (χ0n) is 15.3. The first-order chi connectivity index (χ1) is 13.3. The van der Waals surface area contributed by atoms with Crippen molar-refractivity contribution in [1.82, 2.24) is 19.8 Å². The van der Waals surface area contributed by atoms with Crippen LogP contribution in [0, 0.1) is 0 Å². The maximum atomic E-state index is 6.38. The van der Waals surface area contributed by atoms with Crippen LogP contribution < -0.4 is 0 Å². The Kier molecular flexibility index (Phi) is 5.78. The number of hydrogen-bond acceptors (Lipinski definition) is 4. The van der Waals surface area contributed by atoms with Gasteiger partial charge in [0.1, 0.15) is 5.15 Å². The van der Waals surface area contributed by atoms with E-state index in [2.05, 4.69) is 50.1 Å². The minimum Gasteiger partial charge on any atom is -0.297 e. The molecule has 1 aromatic carbocycles. The summed E-state index contributed by atoms with van der Waals surface area (Å²) in [6, 6.07) is 16.7. The van der Waals surface area contributed by atoms with E-state index in [0.717, 1.165) is 50.4 Å². The molecular formula is C22H23ClN4. The van der Waals surface area contributed by atoms with Gasteiger partial charge < -0.3 is 0 Å². The molecular weight excluding hydrogens is 356 g/mol. The van der Waals surface area contributed by atoms with Gasteiger partial charge in [-0.25, -0.2) is 4.98 Å². The summed E-state index contributed by atoms with van der Waals surface area (Å²) in [6.07, 6.45) is 5.58. The number of aromatic nitrogens is 2. The topological polar surface area (TPSA) is 32.3 Å². The predicted molar refractivity (Wildman–Crippen MR) is 109 cm³/mol. The van der Waals surface area contributed by atoms with E-state index in [1.807, 2.05) is 36.8 Å². The molecule has 2 aromatic heterocycles. The summed E-state index contributed by atoms with van der Waals surface area (Å²) in [6.45, 7) is 6.03. The highest BCUT2D eigenvalue weighted by atomic mass is 35.5. The second-order valence-electron chi connectivity index (χ2n) is 6.95. The average Bonchev–Trinajstić information content (AvgIpc) is 2.72. The van der Waals surface area contributed by atoms with Crippen LogP contribution in [-0.2, 0) is 13.1 Å². The first-order valence-electron chi connectivity index (χ1n) is 9.31. The van der Waals surface area contributed by atoms with Crippen molar-refractivity contribution >= 4 is 11.6 Å². The molecule has 4 nitrogen and oxygen atoms in total. The van der Waals surface area contributed by atoms with E-state index in [0.29, 0.717) is 5.15 Å². The van der Waals surface area contributed by atoms with E-state index in [9.17, 15) is 0 Å². The summed E-state index contributed by atoms with van der Waals surface area (Å²) in [5, 5.41) is 0.605. The molecule has 0 radical (unpaired) electrons. The van der Waals surface area contributed by atoms with Crippen LogP contribution >= 0.6 is 11.6 Å². The summed E-state index contributed by atoms with van der Waals surface area (Å²) in [5.41, 5.74) is 4.71. The highest BCUT2D eigenvalue weighted by molar-refractivity contribution is 6.30. The number of hydrogen-bond donors (Lipinski definition) is 0. The molecule has 0 amide bonds. The third-order valence-electron chi connectivity index (χ3n) is 5.03. The Morgan fingerprint density at radius 3 is 2.19 bits per heavy atom. The summed E-state index contributed by atoms with van der Waals surface area (Å²) in [7, 11) is 0. The lowest BCUT2D eigenvalue weighted by Gasteiger charge is -2.34. The molecule has 1 fully saturated rings. The van der Waals surface area contributed by atoms with E-state index in [4.69, 9.17) is 11.6 Å². The van der Waals surface area contributed by atoms with Gasteiger partial charge in [0.05, 0.1) is 0 Å². The SMILES string of the molecule is Clc1ncc(-c2ccccc2)cc1CN1CCN(Cc2ccncc2)CC1. The first kappa shape index (κ1) is 18.1. The molecule has 5 heteroatoms. The van der Waals surface area contributed by atoms with E-state index >= 15 is 0 Å². The fourth-order valence-corrected chi connectivity index (χ4v) is 3.65. The van der Waals surface area contributed by atoms with Crippen molar-refractivity contribution in [3.05, 3.63) is 83.4 Å². The van der Waals surface area contributed by atoms with Gasteiger partial charge >= 0.3 is 0 Å². The third-order valence-corrected chi connectivity index (χ3v) is 5.37. The molecule has 3 heterocycles. The van der Waals surface area contributed by atoms with Crippen LogP contribution in [0.15, 0.2) is 67.1 Å². The molecule has 0 aliphatic carbocycles. The molecule has 138 valence electrons. The Hall–Kier alpha value is -2.27. The third kappa shape index (κ3) is 4.72. The second kappa shape index (κ2) is 8.61. The van der Waals surface area contributed by atoms with Crippen molar-refractivity contribution < 1.29 is 0 Å². The molecule has 27 heavy (non-hydrogen) atoms. The van der Waals surface area contributed by atoms with Crippen molar-refractivity contribution in [2.24, 2.45) is 0 Å². The largest absolute Gasteiger partial charge is 0.297 e. The Morgan fingerprint density at radius 2 is 1.48 bits per heavy atom. The van der Waals surface area contributed by atoms with Gasteiger partial charge in [-0.15, -0.1) is 0 Å². The van der Waals surface area contributed by atoms with E-state index in [1.54, 1.807) is 0 Å². The molecule has 4 rings (SSSR count). The highest BCUT2D eigenvalue weighted by Crippen LogP contribution is 2.24. The second-order valence-corrected chi connectivity index (χ2v) is 7.31. The summed E-state index contributed by atoms with van der Waals surface area (Å²) in [5.74, 6) is 0. The van der Waals surface area contributed by atoms with Gasteiger partial charge in [0.15, 0.2) is 0 Å². The van der Waals surface area contributed by atoms with Gasteiger partial charge in [0, 0.05) is 69.0 Å². The highest BCUT2D eigenvalue weighted by Gasteiger charge is 2.18. The van der Waals surface area contributed by atoms with Gasteiger partial charge in [-0.05, 0) is 29.3 Å². The van der Waals surface area contributed by atoms with Gasteiger partial charge in [-0.2, -0.15) is 0 Å². The number of piperazine rings is 1. The van der Waals surface area contributed by atoms with Crippen molar-refractivity contribution in [2.75, 3.05) is 26.2 Å². The van der Waals surface area contributed by atoms with Crippen molar-refractivity contribution in [3.8, 4) is 11.1 Å². The molecule has 0 bridgehead atoms. The van der Waals surface area contributed by atoms with Crippen molar-refractivity contribution in [3.63, 3.8) is 0 Å². The molecule has 0 unspecified atom stereocenters. The Labute approximate surface area is 165 Å². The predicted octanol–water partition coefficient (Wildman–Crippen LogP) is 4.11. The van der Waals surface area contributed by atoms with E-state index in [-0.39, 0.29) is 0 Å². The van der Waals surface area contributed by atoms with Crippen LogP contribution in [0.25, 0.3) is 11.1 Å². The quantitative estimate of drug-likeness (QED) is 0.625. The summed E-state index contributed by atoms with van der Waals surface area (Å²) < 4.78 is 0. The molecule has 1 saturated heterocycles. The van der Waals surface area contributed by atoms with E-state index < -0.39 is 0 Å². The Morgan fingerprint density at radius 1 is 0.815 bits per heavy atom. The minimum absolute atomic E-state index is 0.605. The van der Waals surface area contributed by atoms with Gasteiger partial charge in [-0.1, -0.05) is 41.9 Å². The van der Waals surface area contributed by atoms with Gasteiger partial charge in [0.25, 0.3) is 0 Å². The minimum atomic E-state index is 0.605. The Bertz CT molecular complexity index is 862. The lowest BCUT2D eigenvalue weighted by Crippen LogP contribution is -2.45. The molecule has 3 aromatic rings.